The summed E-state index contributed by atoms with van der Waals surface area (Å²) in [6.07, 6.45) is 5.54. The zero-order valence-corrected chi connectivity index (χ0v) is 17.9. The Hall–Kier alpha value is -4.25. The van der Waals surface area contributed by atoms with Gasteiger partial charge in [-0.15, -0.1) is 0 Å². The minimum absolute atomic E-state index is 0.0698. The highest BCUT2D eigenvalue weighted by atomic mass is 19.1. The fraction of sp³-hybridized carbons (Fsp3) is 0.200. The minimum Gasteiger partial charge on any atom is -0.294 e. The van der Waals surface area contributed by atoms with Gasteiger partial charge in [0.1, 0.15) is 11.6 Å². The first-order valence-electron chi connectivity index (χ1n) is 10.6. The van der Waals surface area contributed by atoms with Crippen molar-refractivity contribution in [2.75, 3.05) is 0 Å². The lowest BCUT2D eigenvalue weighted by Crippen LogP contribution is -2.18. The molecule has 0 amide bonds. The van der Waals surface area contributed by atoms with Gasteiger partial charge in [-0.05, 0) is 66.3 Å². The number of carbonyl (C=O) groups excluding carboxylic acids is 1. The summed E-state index contributed by atoms with van der Waals surface area (Å²) in [7, 11) is 0. The summed E-state index contributed by atoms with van der Waals surface area (Å²) in [5, 5.41) is 15.6. The van der Waals surface area contributed by atoms with Crippen LogP contribution in [0.3, 0.4) is 0 Å². The number of H-pyrrole nitrogens is 1. The van der Waals surface area contributed by atoms with Gasteiger partial charge in [-0.2, -0.15) is 10.4 Å². The molecule has 33 heavy (non-hydrogen) atoms. The molecule has 0 radical (unpaired) electrons. The van der Waals surface area contributed by atoms with Crippen molar-refractivity contribution in [3.63, 3.8) is 0 Å². The second-order valence-electron chi connectivity index (χ2n) is 8.30. The van der Waals surface area contributed by atoms with Crippen LogP contribution < -0.4 is 5.69 Å². The number of aryl methyl sites for hydroxylation is 1. The molecular weight excluding hydrogens is 421 g/mol. The summed E-state index contributed by atoms with van der Waals surface area (Å²) in [6, 6.07) is 13.9. The van der Waals surface area contributed by atoms with E-state index in [4.69, 9.17) is 5.26 Å². The van der Waals surface area contributed by atoms with Crippen molar-refractivity contribution in [2.45, 2.75) is 26.2 Å². The highest BCUT2D eigenvalue weighted by molar-refractivity contribution is 5.83. The average molecular weight is 441 g/mol. The van der Waals surface area contributed by atoms with E-state index in [0.717, 1.165) is 29.5 Å². The van der Waals surface area contributed by atoms with Crippen LogP contribution in [0.25, 0.3) is 16.8 Å². The van der Waals surface area contributed by atoms with Crippen LogP contribution in [0.2, 0.25) is 0 Å². The Kier molecular flexibility index (Phi) is 5.02. The van der Waals surface area contributed by atoms with E-state index in [0.29, 0.717) is 17.0 Å². The summed E-state index contributed by atoms with van der Waals surface area (Å²) in [5.41, 5.74) is 3.13. The van der Waals surface area contributed by atoms with Crippen LogP contribution in [0.15, 0.2) is 59.7 Å². The Morgan fingerprint density at radius 1 is 1.21 bits per heavy atom. The van der Waals surface area contributed by atoms with E-state index >= 15 is 4.39 Å². The minimum atomic E-state index is -0.569. The number of nitriles is 1. The van der Waals surface area contributed by atoms with Crippen LogP contribution in [0.1, 0.15) is 40.2 Å². The molecule has 1 N–H and O–H groups in total. The average Bonchev–Trinajstić information content (AvgIpc) is 3.46. The molecule has 0 aliphatic heterocycles. The molecule has 0 unspecified atom stereocenters. The van der Waals surface area contributed by atoms with Crippen molar-refractivity contribution in [1.82, 2.24) is 19.3 Å². The molecule has 0 saturated heterocycles. The van der Waals surface area contributed by atoms with Gasteiger partial charge in [-0.1, -0.05) is 18.2 Å². The smallest absolute Gasteiger partial charge is 0.294 e. The van der Waals surface area contributed by atoms with Crippen LogP contribution in [0.5, 0.6) is 0 Å². The Morgan fingerprint density at radius 3 is 2.67 bits per heavy atom. The van der Waals surface area contributed by atoms with Gasteiger partial charge in [0.2, 0.25) is 5.91 Å². The predicted molar refractivity (Wildman–Crippen MR) is 120 cm³/mol. The molecule has 5 rings (SSSR count). The van der Waals surface area contributed by atoms with Crippen molar-refractivity contribution in [3.8, 4) is 22.9 Å². The first-order chi connectivity index (χ1) is 15.9. The Balaban J connectivity index is 1.45. The quantitative estimate of drug-likeness (QED) is 0.506. The number of carbonyl (C=O) groups is 1. The molecule has 1 fully saturated rings. The normalized spacial score (nSPS) is 13.1. The second-order valence-corrected chi connectivity index (χ2v) is 8.30. The van der Waals surface area contributed by atoms with Crippen LogP contribution in [-0.2, 0) is 6.42 Å². The van der Waals surface area contributed by atoms with E-state index in [1.54, 1.807) is 47.3 Å². The SMILES string of the molecule is Cc1cc(-c2ccc(-n3c(Cc4ccn(C(=O)C5CC5)c4)n[nH]c3=O)c(F)c2)ccc1C#N. The standard InChI is InChI=1S/C25H20FN5O2/c1-15-10-18(4-5-20(15)13-27)19-6-7-22(21(26)12-19)31-23(28-29-25(31)33)11-16-8-9-30(14-16)24(32)17-2-3-17/h4-10,12,14,17H,2-3,11H2,1H3,(H,29,33). The highest BCUT2D eigenvalue weighted by Crippen LogP contribution is 2.31. The van der Waals surface area contributed by atoms with E-state index in [9.17, 15) is 9.59 Å². The molecule has 0 bridgehead atoms. The van der Waals surface area contributed by atoms with E-state index in [2.05, 4.69) is 16.3 Å². The number of nitrogens with zero attached hydrogens (tertiary/aromatic N) is 4. The van der Waals surface area contributed by atoms with Crippen LogP contribution in [0, 0.1) is 30.0 Å². The van der Waals surface area contributed by atoms with Crippen molar-refractivity contribution < 1.29 is 9.18 Å². The first kappa shape index (κ1) is 20.6. The van der Waals surface area contributed by atoms with Gasteiger partial charge >= 0.3 is 5.69 Å². The van der Waals surface area contributed by atoms with Crippen LogP contribution >= 0.6 is 0 Å². The summed E-state index contributed by atoms with van der Waals surface area (Å²) in [5.74, 6) is -0.0557. The van der Waals surface area contributed by atoms with E-state index in [1.807, 2.05) is 13.0 Å². The predicted octanol–water partition coefficient (Wildman–Crippen LogP) is 3.99. The van der Waals surface area contributed by atoms with Crippen LogP contribution in [-0.4, -0.2) is 25.2 Å². The van der Waals surface area contributed by atoms with Gasteiger partial charge in [0.15, 0.2) is 0 Å². The maximum absolute atomic E-state index is 15.1. The first-order valence-corrected chi connectivity index (χ1v) is 10.6. The third-order valence-electron chi connectivity index (χ3n) is 5.91. The Morgan fingerprint density at radius 2 is 1.97 bits per heavy atom. The zero-order valence-electron chi connectivity index (χ0n) is 17.9. The number of hydrogen-bond acceptors (Lipinski definition) is 4. The number of rotatable bonds is 5. The fourth-order valence-electron chi connectivity index (χ4n) is 3.94. The van der Waals surface area contributed by atoms with Gasteiger partial charge in [-0.25, -0.2) is 18.9 Å². The Labute approximate surface area is 188 Å². The third-order valence-corrected chi connectivity index (χ3v) is 5.91. The molecule has 2 aromatic heterocycles. The van der Waals surface area contributed by atoms with Gasteiger partial charge in [0, 0.05) is 24.7 Å². The molecule has 1 aliphatic carbocycles. The molecule has 2 heterocycles. The van der Waals surface area contributed by atoms with Gasteiger partial charge < -0.3 is 0 Å². The highest BCUT2D eigenvalue weighted by Gasteiger charge is 2.30. The van der Waals surface area contributed by atoms with Gasteiger partial charge in [0.25, 0.3) is 0 Å². The van der Waals surface area contributed by atoms with E-state index in [-0.39, 0.29) is 23.9 Å². The van der Waals surface area contributed by atoms with Crippen molar-refractivity contribution >= 4 is 5.91 Å². The number of halogens is 1. The number of nitrogens with one attached hydrogen (secondary N) is 1. The number of aromatic nitrogens is 4. The number of hydrogen-bond donors (Lipinski definition) is 1. The van der Waals surface area contributed by atoms with Crippen LogP contribution in [0.4, 0.5) is 4.39 Å². The number of benzene rings is 2. The summed E-state index contributed by atoms with van der Waals surface area (Å²) < 4.78 is 17.9. The van der Waals surface area contributed by atoms with Crippen molar-refractivity contribution in [2.24, 2.45) is 5.92 Å². The molecule has 7 nitrogen and oxygen atoms in total. The molecule has 1 saturated carbocycles. The van der Waals surface area contributed by atoms with Crippen molar-refractivity contribution in [3.05, 3.63) is 93.7 Å². The Bertz CT molecular complexity index is 1480. The monoisotopic (exact) mass is 441 g/mol. The molecule has 1 aliphatic rings. The van der Waals surface area contributed by atoms with E-state index < -0.39 is 11.5 Å². The largest absolute Gasteiger partial charge is 0.348 e. The molecule has 8 heteroatoms. The topological polar surface area (TPSA) is 96.5 Å². The maximum atomic E-state index is 15.1. The lowest BCUT2D eigenvalue weighted by Gasteiger charge is -2.10. The third kappa shape index (κ3) is 3.89. The summed E-state index contributed by atoms with van der Waals surface area (Å²) >= 11 is 0. The maximum Gasteiger partial charge on any atom is 0.348 e. The molecule has 2 aromatic carbocycles. The fourth-order valence-corrected chi connectivity index (χ4v) is 3.94. The molecule has 4 aromatic rings. The lowest BCUT2D eigenvalue weighted by atomic mass is 10.00. The molecule has 0 atom stereocenters. The second kappa shape index (κ2) is 8.02. The lowest BCUT2D eigenvalue weighted by molar-refractivity contribution is 0.0886. The molecule has 0 spiro atoms. The van der Waals surface area contributed by atoms with Crippen molar-refractivity contribution in [1.29, 1.82) is 5.26 Å². The number of aromatic amines is 1. The van der Waals surface area contributed by atoms with Gasteiger partial charge in [0.05, 0.1) is 17.3 Å². The summed E-state index contributed by atoms with van der Waals surface area (Å²) in [6.45, 7) is 1.83. The summed E-state index contributed by atoms with van der Waals surface area (Å²) in [4.78, 5) is 24.7. The molecule has 164 valence electrons. The zero-order chi connectivity index (χ0) is 23.1. The van der Waals surface area contributed by atoms with Gasteiger partial charge in [-0.3, -0.25) is 9.36 Å². The van der Waals surface area contributed by atoms with E-state index in [1.165, 1.54) is 10.6 Å². The molecular formula is C25H20FN5O2.